The van der Waals surface area contributed by atoms with Crippen molar-refractivity contribution in [2.24, 2.45) is 5.92 Å². The molecule has 2 unspecified atom stereocenters. The lowest BCUT2D eigenvalue weighted by Crippen LogP contribution is -2.07. The zero-order chi connectivity index (χ0) is 12.6. The summed E-state index contributed by atoms with van der Waals surface area (Å²) in [5.74, 6) is -0.0523. The zero-order valence-electron chi connectivity index (χ0n) is 9.24. The first kappa shape index (κ1) is 12.3. The number of nitrogens with zero attached hydrogens (tertiary/aromatic N) is 1. The summed E-state index contributed by atoms with van der Waals surface area (Å²) in [6, 6.07) is 2.64. The summed E-state index contributed by atoms with van der Waals surface area (Å²) in [4.78, 5) is 10.3. The van der Waals surface area contributed by atoms with Crippen molar-refractivity contribution in [1.29, 1.82) is 0 Å². The van der Waals surface area contributed by atoms with Gasteiger partial charge in [-0.3, -0.25) is 10.1 Å². The lowest BCUT2D eigenvalue weighted by Gasteiger charge is -2.07. The summed E-state index contributed by atoms with van der Waals surface area (Å²) in [6.45, 7) is 2.08. The highest BCUT2D eigenvalue weighted by molar-refractivity contribution is 9.10. The third kappa shape index (κ3) is 2.57. The highest BCUT2D eigenvalue weighted by Crippen LogP contribution is 2.39. The Kier molecular flexibility index (Phi) is 3.33. The molecule has 1 fully saturated rings. The van der Waals surface area contributed by atoms with Crippen molar-refractivity contribution in [3.05, 3.63) is 32.5 Å². The largest absolute Gasteiger partial charge is 0.376 e. The fourth-order valence-corrected chi connectivity index (χ4v) is 2.22. The van der Waals surface area contributed by atoms with Crippen molar-refractivity contribution in [2.45, 2.75) is 25.8 Å². The maximum atomic E-state index is 13.2. The lowest BCUT2D eigenvalue weighted by atomic mass is 10.2. The van der Waals surface area contributed by atoms with Crippen LogP contribution in [0.4, 0.5) is 15.8 Å². The van der Waals surface area contributed by atoms with E-state index >= 15 is 0 Å². The average molecular weight is 303 g/mol. The second kappa shape index (κ2) is 4.60. The van der Waals surface area contributed by atoms with Crippen molar-refractivity contribution in [1.82, 2.24) is 0 Å². The molecule has 0 amide bonds. The third-order valence-electron chi connectivity index (χ3n) is 3.02. The van der Waals surface area contributed by atoms with E-state index in [1.807, 2.05) is 0 Å². The highest BCUT2D eigenvalue weighted by Gasteiger charge is 2.36. The molecule has 0 aliphatic heterocycles. The molecular weight excluding hydrogens is 291 g/mol. The average Bonchev–Trinajstić information content (AvgIpc) is 3.01. The number of hydrogen-bond donors (Lipinski definition) is 1. The SMILES string of the molecule is CCC1CC1Nc1cc(Br)c(F)cc1[N+](=O)[O-]. The molecular formula is C11H12BrFN2O2. The molecule has 0 spiro atoms. The topological polar surface area (TPSA) is 55.2 Å². The van der Waals surface area contributed by atoms with Crippen LogP contribution in [0.2, 0.25) is 0 Å². The highest BCUT2D eigenvalue weighted by atomic mass is 79.9. The minimum atomic E-state index is -0.620. The van der Waals surface area contributed by atoms with Crippen molar-refractivity contribution >= 4 is 27.3 Å². The summed E-state index contributed by atoms with van der Waals surface area (Å²) >= 11 is 3.03. The van der Waals surface area contributed by atoms with Gasteiger partial charge in [-0.1, -0.05) is 13.3 Å². The number of anilines is 1. The molecule has 1 saturated carbocycles. The van der Waals surface area contributed by atoms with Gasteiger partial charge in [-0.05, 0) is 34.3 Å². The number of nitrogens with one attached hydrogen (secondary N) is 1. The number of hydrogen-bond acceptors (Lipinski definition) is 3. The maximum Gasteiger partial charge on any atom is 0.295 e. The van der Waals surface area contributed by atoms with Crippen LogP contribution in [0.1, 0.15) is 19.8 Å². The van der Waals surface area contributed by atoms with Crippen LogP contribution in [0, 0.1) is 21.8 Å². The molecule has 0 aromatic heterocycles. The van der Waals surface area contributed by atoms with E-state index in [0.717, 1.165) is 18.9 Å². The van der Waals surface area contributed by atoms with Crippen molar-refractivity contribution in [3.63, 3.8) is 0 Å². The Balaban J connectivity index is 2.25. The third-order valence-corrected chi connectivity index (χ3v) is 3.63. The monoisotopic (exact) mass is 302 g/mol. The van der Waals surface area contributed by atoms with Crippen LogP contribution in [0.15, 0.2) is 16.6 Å². The van der Waals surface area contributed by atoms with Crippen LogP contribution in [0.25, 0.3) is 0 Å². The molecule has 6 heteroatoms. The van der Waals surface area contributed by atoms with Crippen molar-refractivity contribution in [3.8, 4) is 0 Å². The van der Waals surface area contributed by atoms with Crippen LogP contribution in [0.3, 0.4) is 0 Å². The van der Waals surface area contributed by atoms with Crippen LogP contribution >= 0.6 is 15.9 Å². The Hall–Kier alpha value is -1.17. The summed E-state index contributed by atoms with van der Waals surface area (Å²) in [5, 5.41) is 13.9. The van der Waals surface area contributed by atoms with E-state index in [1.165, 1.54) is 6.07 Å². The van der Waals surface area contributed by atoms with Gasteiger partial charge in [0.2, 0.25) is 0 Å². The van der Waals surface area contributed by atoms with Crippen LogP contribution < -0.4 is 5.32 Å². The van der Waals surface area contributed by atoms with E-state index < -0.39 is 10.7 Å². The van der Waals surface area contributed by atoms with E-state index in [-0.39, 0.29) is 16.2 Å². The first-order valence-electron chi connectivity index (χ1n) is 5.43. The van der Waals surface area contributed by atoms with Gasteiger partial charge in [0.1, 0.15) is 11.5 Å². The number of nitro groups is 1. The Bertz CT molecular complexity index is 467. The molecule has 1 aromatic carbocycles. The summed E-state index contributed by atoms with van der Waals surface area (Å²) in [5.41, 5.74) is 0.164. The number of benzene rings is 1. The van der Waals surface area contributed by atoms with Crippen LogP contribution in [0.5, 0.6) is 0 Å². The van der Waals surface area contributed by atoms with Gasteiger partial charge in [0.15, 0.2) is 0 Å². The van der Waals surface area contributed by atoms with E-state index in [4.69, 9.17) is 0 Å². The van der Waals surface area contributed by atoms with Crippen LogP contribution in [-0.2, 0) is 0 Å². The Morgan fingerprint density at radius 1 is 1.65 bits per heavy atom. The molecule has 1 aromatic rings. The molecule has 4 nitrogen and oxygen atoms in total. The van der Waals surface area contributed by atoms with Crippen LogP contribution in [-0.4, -0.2) is 11.0 Å². The fraction of sp³-hybridized carbons (Fsp3) is 0.455. The number of nitro benzene ring substituents is 1. The van der Waals surface area contributed by atoms with E-state index in [0.29, 0.717) is 11.6 Å². The van der Waals surface area contributed by atoms with E-state index in [1.54, 1.807) is 0 Å². The first-order valence-corrected chi connectivity index (χ1v) is 6.22. The second-order valence-electron chi connectivity index (χ2n) is 4.20. The summed E-state index contributed by atoms with van der Waals surface area (Å²) in [7, 11) is 0. The summed E-state index contributed by atoms with van der Waals surface area (Å²) in [6.07, 6.45) is 2.07. The second-order valence-corrected chi connectivity index (χ2v) is 5.05. The predicted octanol–water partition coefficient (Wildman–Crippen LogP) is 3.71. The molecule has 2 rings (SSSR count). The standard InChI is InChI=1S/C11H12BrFN2O2/c1-2-6-3-9(6)14-10-4-7(12)8(13)5-11(10)15(16)17/h4-6,9,14H,2-3H2,1H3. The quantitative estimate of drug-likeness (QED) is 0.681. The Labute approximate surface area is 106 Å². The van der Waals surface area contributed by atoms with Gasteiger partial charge < -0.3 is 5.32 Å². The molecule has 2 atom stereocenters. The Morgan fingerprint density at radius 3 is 2.88 bits per heavy atom. The minimum Gasteiger partial charge on any atom is -0.376 e. The number of rotatable bonds is 4. The fourth-order valence-electron chi connectivity index (χ4n) is 1.88. The molecule has 17 heavy (non-hydrogen) atoms. The Morgan fingerprint density at radius 2 is 2.35 bits per heavy atom. The maximum absolute atomic E-state index is 13.2. The summed E-state index contributed by atoms with van der Waals surface area (Å²) < 4.78 is 13.5. The van der Waals surface area contributed by atoms with E-state index in [9.17, 15) is 14.5 Å². The van der Waals surface area contributed by atoms with Crippen molar-refractivity contribution in [2.75, 3.05) is 5.32 Å². The molecule has 0 heterocycles. The van der Waals surface area contributed by atoms with Crippen molar-refractivity contribution < 1.29 is 9.31 Å². The van der Waals surface area contributed by atoms with Gasteiger partial charge >= 0.3 is 0 Å². The van der Waals surface area contributed by atoms with Gasteiger partial charge in [-0.25, -0.2) is 4.39 Å². The minimum absolute atomic E-state index is 0.215. The normalized spacial score (nSPS) is 22.3. The molecule has 1 aliphatic rings. The van der Waals surface area contributed by atoms with Gasteiger partial charge in [0, 0.05) is 6.04 Å². The van der Waals surface area contributed by atoms with Gasteiger partial charge in [-0.15, -0.1) is 0 Å². The van der Waals surface area contributed by atoms with Gasteiger partial charge in [-0.2, -0.15) is 0 Å². The van der Waals surface area contributed by atoms with E-state index in [2.05, 4.69) is 28.2 Å². The van der Waals surface area contributed by atoms with Gasteiger partial charge in [0.25, 0.3) is 5.69 Å². The zero-order valence-corrected chi connectivity index (χ0v) is 10.8. The molecule has 0 radical (unpaired) electrons. The molecule has 92 valence electrons. The lowest BCUT2D eigenvalue weighted by molar-refractivity contribution is -0.384. The predicted molar refractivity (Wildman–Crippen MR) is 66.6 cm³/mol. The smallest absolute Gasteiger partial charge is 0.295 e. The van der Waals surface area contributed by atoms with Gasteiger partial charge in [0.05, 0.1) is 15.5 Å². The molecule has 1 aliphatic carbocycles. The molecule has 1 N–H and O–H groups in total. The first-order chi connectivity index (χ1) is 8.02. The number of halogens is 2. The molecule has 0 bridgehead atoms. The molecule has 0 saturated heterocycles.